The van der Waals surface area contributed by atoms with Crippen molar-refractivity contribution in [2.45, 2.75) is 6.54 Å². The molecule has 3 aromatic rings. The van der Waals surface area contributed by atoms with E-state index in [2.05, 4.69) is 25.4 Å². The van der Waals surface area contributed by atoms with Gasteiger partial charge in [-0.1, -0.05) is 30.3 Å². The summed E-state index contributed by atoms with van der Waals surface area (Å²) in [5.74, 6) is 0.699. The van der Waals surface area contributed by atoms with Crippen molar-refractivity contribution in [3.8, 4) is 11.3 Å². The highest BCUT2D eigenvalue weighted by atomic mass is 32.1. The molecule has 6 heteroatoms. The normalized spacial score (nSPS) is 10.9. The van der Waals surface area contributed by atoms with Gasteiger partial charge < -0.3 is 10.2 Å². The first-order valence-corrected chi connectivity index (χ1v) is 7.84. The zero-order valence-corrected chi connectivity index (χ0v) is 13.3. The van der Waals surface area contributed by atoms with E-state index in [0.29, 0.717) is 5.82 Å². The number of benzene rings is 1. The van der Waals surface area contributed by atoms with Gasteiger partial charge in [0.15, 0.2) is 10.9 Å². The Morgan fingerprint density at radius 1 is 1.05 bits per heavy atom. The van der Waals surface area contributed by atoms with Crippen LogP contribution in [-0.4, -0.2) is 34.2 Å². The van der Waals surface area contributed by atoms with Gasteiger partial charge in [0.05, 0.1) is 11.4 Å². The standard InChI is InChI=1S/C16H17N5S/c1-21(2)10-13-11-22-16(17-13)18-15-9-8-14(19-20-15)12-6-4-3-5-7-12/h3-9,11H,10H2,1-2H3,(H,17,18,20). The first-order valence-electron chi connectivity index (χ1n) is 6.96. The van der Waals surface area contributed by atoms with Crippen LogP contribution in [0.1, 0.15) is 5.69 Å². The van der Waals surface area contributed by atoms with E-state index in [0.717, 1.165) is 28.6 Å². The summed E-state index contributed by atoms with van der Waals surface area (Å²) >= 11 is 1.57. The number of thiazole rings is 1. The van der Waals surface area contributed by atoms with Gasteiger partial charge in [0.1, 0.15) is 0 Å². The Hall–Kier alpha value is -2.31. The zero-order valence-electron chi connectivity index (χ0n) is 12.5. The van der Waals surface area contributed by atoms with Crippen LogP contribution in [0.2, 0.25) is 0 Å². The minimum Gasteiger partial charge on any atom is -0.315 e. The molecular weight excluding hydrogens is 294 g/mol. The van der Waals surface area contributed by atoms with E-state index in [1.54, 1.807) is 11.3 Å². The summed E-state index contributed by atoms with van der Waals surface area (Å²) in [7, 11) is 4.06. The fourth-order valence-electron chi connectivity index (χ4n) is 2.03. The van der Waals surface area contributed by atoms with Gasteiger partial charge >= 0.3 is 0 Å². The molecule has 0 aliphatic rings. The summed E-state index contributed by atoms with van der Waals surface area (Å²) in [6, 6.07) is 13.9. The van der Waals surface area contributed by atoms with E-state index < -0.39 is 0 Å². The van der Waals surface area contributed by atoms with Crippen LogP contribution in [0.5, 0.6) is 0 Å². The molecule has 1 aromatic carbocycles. The van der Waals surface area contributed by atoms with Crippen LogP contribution in [0.15, 0.2) is 47.8 Å². The minimum absolute atomic E-state index is 0.699. The third-order valence-electron chi connectivity index (χ3n) is 3.00. The fourth-order valence-corrected chi connectivity index (χ4v) is 2.74. The highest BCUT2D eigenvalue weighted by Crippen LogP contribution is 2.21. The second-order valence-corrected chi connectivity index (χ2v) is 6.03. The monoisotopic (exact) mass is 311 g/mol. The fraction of sp³-hybridized carbons (Fsp3) is 0.188. The van der Waals surface area contributed by atoms with Gasteiger partial charge in [-0.05, 0) is 26.2 Å². The van der Waals surface area contributed by atoms with Crippen molar-refractivity contribution in [2.24, 2.45) is 0 Å². The number of hydrogen-bond donors (Lipinski definition) is 1. The average molecular weight is 311 g/mol. The number of rotatable bonds is 5. The minimum atomic E-state index is 0.699. The molecule has 2 aromatic heterocycles. The Morgan fingerprint density at radius 2 is 1.86 bits per heavy atom. The first-order chi connectivity index (χ1) is 10.7. The van der Waals surface area contributed by atoms with Crippen molar-refractivity contribution < 1.29 is 0 Å². The van der Waals surface area contributed by atoms with Gasteiger partial charge in [0.2, 0.25) is 0 Å². The molecule has 0 amide bonds. The Labute approximate surface area is 133 Å². The highest BCUT2D eigenvalue weighted by molar-refractivity contribution is 7.13. The van der Waals surface area contributed by atoms with Crippen LogP contribution in [0, 0.1) is 0 Å². The largest absolute Gasteiger partial charge is 0.315 e. The van der Waals surface area contributed by atoms with Crippen molar-refractivity contribution in [1.29, 1.82) is 0 Å². The lowest BCUT2D eigenvalue weighted by Gasteiger charge is -2.05. The predicted octanol–water partition coefficient (Wildman–Crippen LogP) is 3.41. The third kappa shape index (κ3) is 3.66. The Balaban J connectivity index is 1.70. The second kappa shape index (κ2) is 6.64. The molecule has 3 rings (SSSR count). The smallest absolute Gasteiger partial charge is 0.188 e. The van der Waals surface area contributed by atoms with Crippen LogP contribution >= 0.6 is 11.3 Å². The van der Waals surface area contributed by atoms with Crippen molar-refractivity contribution in [2.75, 3.05) is 19.4 Å². The molecular formula is C16H17N5S. The summed E-state index contributed by atoms with van der Waals surface area (Å²) in [6.45, 7) is 0.830. The Morgan fingerprint density at radius 3 is 2.55 bits per heavy atom. The van der Waals surface area contributed by atoms with Crippen molar-refractivity contribution in [1.82, 2.24) is 20.1 Å². The second-order valence-electron chi connectivity index (χ2n) is 5.18. The quantitative estimate of drug-likeness (QED) is 0.782. The summed E-state index contributed by atoms with van der Waals surface area (Å²) in [5, 5.41) is 14.5. The van der Waals surface area contributed by atoms with Crippen molar-refractivity contribution in [3.63, 3.8) is 0 Å². The number of anilines is 2. The van der Waals surface area contributed by atoms with Gasteiger partial charge in [-0.3, -0.25) is 0 Å². The number of nitrogens with one attached hydrogen (secondary N) is 1. The molecule has 0 atom stereocenters. The van der Waals surface area contributed by atoms with Crippen molar-refractivity contribution >= 4 is 22.3 Å². The average Bonchev–Trinajstić information content (AvgIpc) is 2.95. The molecule has 0 saturated heterocycles. The van der Waals surface area contributed by atoms with Crippen LogP contribution in [0.25, 0.3) is 11.3 Å². The Bertz CT molecular complexity index is 722. The van der Waals surface area contributed by atoms with E-state index in [-0.39, 0.29) is 0 Å². The molecule has 0 bridgehead atoms. The molecule has 0 spiro atoms. The predicted molar refractivity (Wildman–Crippen MR) is 90.3 cm³/mol. The van der Waals surface area contributed by atoms with Gasteiger partial charge in [0.25, 0.3) is 0 Å². The molecule has 0 fully saturated rings. The number of hydrogen-bond acceptors (Lipinski definition) is 6. The van der Waals surface area contributed by atoms with E-state index >= 15 is 0 Å². The third-order valence-corrected chi connectivity index (χ3v) is 3.81. The van der Waals surface area contributed by atoms with E-state index in [4.69, 9.17) is 0 Å². The number of aromatic nitrogens is 3. The topological polar surface area (TPSA) is 53.9 Å². The lowest BCUT2D eigenvalue weighted by Crippen LogP contribution is -2.10. The molecule has 112 valence electrons. The maximum Gasteiger partial charge on any atom is 0.188 e. The molecule has 5 nitrogen and oxygen atoms in total. The summed E-state index contributed by atoms with van der Waals surface area (Å²) < 4.78 is 0. The summed E-state index contributed by atoms with van der Waals surface area (Å²) in [5.41, 5.74) is 2.97. The van der Waals surface area contributed by atoms with Gasteiger partial charge in [-0.25, -0.2) is 4.98 Å². The van der Waals surface area contributed by atoms with E-state index in [9.17, 15) is 0 Å². The lowest BCUT2D eigenvalue weighted by atomic mass is 10.1. The molecule has 0 radical (unpaired) electrons. The zero-order chi connectivity index (χ0) is 15.4. The first kappa shape index (κ1) is 14.6. The highest BCUT2D eigenvalue weighted by Gasteiger charge is 2.05. The molecule has 0 aliphatic heterocycles. The summed E-state index contributed by atoms with van der Waals surface area (Å²) in [6.07, 6.45) is 0. The van der Waals surface area contributed by atoms with Crippen LogP contribution in [0.4, 0.5) is 10.9 Å². The van der Waals surface area contributed by atoms with Gasteiger partial charge in [-0.2, -0.15) is 0 Å². The molecule has 1 N–H and O–H groups in total. The molecule has 22 heavy (non-hydrogen) atoms. The van der Waals surface area contributed by atoms with E-state index in [1.165, 1.54) is 0 Å². The van der Waals surface area contributed by atoms with Crippen LogP contribution in [-0.2, 0) is 6.54 Å². The van der Waals surface area contributed by atoms with Crippen LogP contribution < -0.4 is 5.32 Å². The molecule has 0 unspecified atom stereocenters. The number of nitrogens with zero attached hydrogens (tertiary/aromatic N) is 4. The van der Waals surface area contributed by atoms with Gasteiger partial charge in [0, 0.05) is 17.5 Å². The molecule has 0 saturated carbocycles. The lowest BCUT2D eigenvalue weighted by molar-refractivity contribution is 0.398. The SMILES string of the molecule is CN(C)Cc1csc(Nc2ccc(-c3ccccc3)nn2)n1. The van der Waals surface area contributed by atoms with Crippen LogP contribution in [0.3, 0.4) is 0 Å². The van der Waals surface area contributed by atoms with E-state index in [1.807, 2.05) is 61.9 Å². The van der Waals surface area contributed by atoms with Crippen molar-refractivity contribution in [3.05, 3.63) is 53.5 Å². The summed E-state index contributed by atoms with van der Waals surface area (Å²) in [4.78, 5) is 6.61. The maximum atomic E-state index is 4.52. The molecule has 0 aliphatic carbocycles. The van der Waals surface area contributed by atoms with Gasteiger partial charge in [-0.15, -0.1) is 21.5 Å². The Kier molecular flexibility index (Phi) is 4.41. The maximum absolute atomic E-state index is 4.52. The molecule has 2 heterocycles.